The number of benzene rings is 1. The first-order valence-electron chi connectivity index (χ1n) is 7.35. The number of furan rings is 1. The van der Waals surface area contributed by atoms with Crippen LogP contribution in [0.3, 0.4) is 0 Å². The third kappa shape index (κ3) is 2.18. The topological polar surface area (TPSA) is 25.2 Å². The molecule has 0 amide bonds. The van der Waals surface area contributed by atoms with E-state index in [1.54, 1.807) is 0 Å². The molecule has 1 fully saturated rings. The zero-order chi connectivity index (χ0) is 13.5. The predicted molar refractivity (Wildman–Crippen MR) is 79.6 cm³/mol. The van der Waals surface area contributed by atoms with Crippen LogP contribution < -0.4 is 5.32 Å². The van der Waals surface area contributed by atoms with Gasteiger partial charge in [0.25, 0.3) is 0 Å². The summed E-state index contributed by atoms with van der Waals surface area (Å²) in [6.07, 6.45) is 3.64. The lowest BCUT2D eigenvalue weighted by Crippen LogP contribution is -2.28. The number of fused-ring (bicyclic) bond motifs is 1. The van der Waals surface area contributed by atoms with Gasteiger partial charge in [-0.05, 0) is 44.4 Å². The second-order valence-corrected chi connectivity index (χ2v) is 6.16. The Morgan fingerprint density at radius 1 is 1.42 bits per heavy atom. The highest BCUT2D eigenvalue weighted by molar-refractivity contribution is 5.81. The summed E-state index contributed by atoms with van der Waals surface area (Å²) in [5, 5.41) is 4.81. The quantitative estimate of drug-likeness (QED) is 0.893. The second kappa shape index (κ2) is 4.68. The molecule has 1 aromatic carbocycles. The lowest BCUT2D eigenvalue weighted by Gasteiger charge is -2.21. The Kier molecular flexibility index (Phi) is 3.14. The molecule has 1 aliphatic carbocycles. The van der Waals surface area contributed by atoms with Gasteiger partial charge in [0.2, 0.25) is 0 Å². The first-order chi connectivity index (χ1) is 9.12. The number of para-hydroxylation sites is 1. The van der Waals surface area contributed by atoms with Gasteiger partial charge in [0.15, 0.2) is 0 Å². The van der Waals surface area contributed by atoms with Gasteiger partial charge in [0.05, 0.1) is 0 Å². The lowest BCUT2D eigenvalue weighted by atomic mass is 9.85. The van der Waals surface area contributed by atoms with Crippen molar-refractivity contribution in [3.63, 3.8) is 0 Å². The van der Waals surface area contributed by atoms with Crippen LogP contribution in [-0.4, -0.2) is 12.6 Å². The molecule has 2 unspecified atom stereocenters. The van der Waals surface area contributed by atoms with E-state index in [4.69, 9.17) is 4.42 Å². The van der Waals surface area contributed by atoms with Crippen molar-refractivity contribution in [3.8, 4) is 0 Å². The number of rotatable bonds is 3. The third-order valence-electron chi connectivity index (χ3n) is 4.57. The molecule has 1 heterocycles. The van der Waals surface area contributed by atoms with E-state index >= 15 is 0 Å². The van der Waals surface area contributed by atoms with Crippen molar-refractivity contribution < 1.29 is 4.42 Å². The van der Waals surface area contributed by atoms with Gasteiger partial charge >= 0.3 is 0 Å². The van der Waals surface area contributed by atoms with Crippen molar-refractivity contribution in [1.82, 2.24) is 5.32 Å². The Hall–Kier alpha value is -1.28. The van der Waals surface area contributed by atoms with Crippen molar-refractivity contribution in [1.29, 1.82) is 0 Å². The highest BCUT2D eigenvalue weighted by Gasteiger charge is 2.38. The summed E-state index contributed by atoms with van der Waals surface area (Å²) in [7, 11) is 0. The fraction of sp³-hybridized carbons (Fsp3) is 0.529. The van der Waals surface area contributed by atoms with E-state index in [-0.39, 0.29) is 5.41 Å². The number of nitrogens with one attached hydrogen (secondary N) is 1. The van der Waals surface area contributed by atoms with E-state index < -0.39 is 0 Å². The molecule has 3 rings (SSSR count). The van der Waals surface area contributed by atoms with Crippen molar-refractivity contribution in [3.05, 3.63) is 35.6 Å². The Morgan fingerprint density at radius 2 is 2.26 bits per heavy atom. The second-order valence-electron chi connectivity index (χ2n) is 6.16. The fourth-order valence-corrected chi connectivity index (χ4v) is 3.43. The summed E-state index contributed by atoms with van der Waals surface area (Å²) in [5.41, 5.74) is 2.48. The molecule has 0 saturated heterocycles. The van der Waals surface area contributed by atoms with E-state index in [1.165, 1.54) is 30.2 Å². The summed E-state index contributed by atoms with van der Waals surface area (Å²) >= 11 is 0. The highest BCUT2D eigenvalue weighted by Crippen LogP contribution is 2.43. The minimum atomic E-state index is 0.193. The minimum absolute atomic E-state index is 0.193. The van der Waals surface area contributed by atoms with Gasteiger partial charge in [-0.25, -0.2) is 0 Å². The Labute approximate surface area is 115 Å². The van der Waals surface area contributed by atoms with Crippen LogP contribution in [0, 0.1) is 6.92 Å². The van der Waals surface area contributed by atoms with E-state index in [0.717, 1.165) is 17.9 Å². The van der Waals surface area contributed by atoms with Crippen LogP contribution in [0.4, 0.5) is 0 Å². The Morgan fingerprint density at radius 3 is 3.00 bits per heavy atom. The van der Waals surface area contributed by atoms with E-state index in [1.807, 2.05) is 0 Å². The number of hydrogen-bond acceptors (Lipinski definition) is 2. The SMILES string of the molecule is CCNC1CCC(C)(c2cc3cccc(C)c3o2)C1. The van der Waals surface area contributed by atoms with E-state index in [9.17, 15) is 0 Å². The average molecular weight is 257 g/mol. The monoisotopic (exact) mass is 257 g/mol. The lowest BCUT2D eigenvalue weighted by molar-refractivity contribution is 0.370. The molecule has 2 heteroatoms. The van der Waals surface area contributed by atoms with Gasteiger partial charge in [-0.1, -0.05) is 32.0 Å². The van der Waals surface area contributed by atoms with Crippen LogP contribution >= 0.6 is 0 Å². The zero-order valence-corrected chi connectivity index (χ0v) is 12.1. The first-order valence-corrected chi connectivity index (χ1v) is 7.35. The minimum Gasteiger partial charge on any atom is -0.460 e. The first kappa shape index (κ1) is 12.7. The van der Waals surface area contributed by atoms with Crippen LogP contribution in [0.15, 0.2) is 28.7 Å². The molecular formula is C17H23NO. The largest absolute Gasteiger partial charge is 0.460 e. The molecule has 1 aromatic heterocycles. The molecule has 2 nitrogen and oxygen atoms in total. The van der Waals surface area contributed by atoms with Gasteiger partial charge in [-0.3, -0.25) is 0 Å². The normalized spacial score (nSPS) is 27.2. The standard InChI is InChI=1S/C17H23NO/c1-4-18-14-8-9-17(3,11-14)15-10-13-7-5-6-12(2)16(13)19-15/h5-7,10,14,18H,4,8-9,11H2,1-3H3. The zero-order valence-electron chi connectivity index (χ0n) is 12.1. The maximum absolute atomic E-state index is 6.18. The molecule has 0 aliphatic heterocycles. The van der Waals surface area contributed by atoms with E-state index in [0.29, 0.717) is 6.04 Å². The maximum atomic E-state index is 6.18. The molecule has 19 heavy (non-hydrogen) atoms. The molecule has 2 aromatic rings. The molecule has 2 atom stereocenters. The third-order valence-corrected chi connectivity index (χ3v) is 4.57. The van der Waals surface area contributed by atoms with Crippen molar-refractivity contribution in [2.75, 3.05) is 6.54 Å². The molecule has 1 N–H and O–H groups in total. The van der Waals surface area contributed by atoms with Gasteiger partial charge in [-0.2, -0.15) is 0 Å². The van der Waals surface area contributed by atoms with Crippen LogP contribution in [0.25, 0.3) is 11.0 Å². The summed E-state index contributed by atoms with van der Waals surface area (Å²) in [5.74, 6) is 1.16. The summed E-state index contributed by atoms with van der Waals surface area (Å²) in [4.78, 5) is 0. The number of aryl methyl sites for hydroxylation is 1. The summed E-state index contributed by atoms with van der Waals surface area (Å²) in [6.45, 7) is 7.70. The average Bonchev–Trinajstić information content (AvgIpc) is 2.96. The molecule has 1 saturated carbocycles. The van der Waals surface area contributed by atoms with Crippen LogP contribution in [0.2, 0.25) is 0 Å². The summed E-state index contributed by atoms with van der Waals surface area (Å²) < 4.78 is 6.18. The Balaban J connectivity index is 1.94. The van der Waals surface area contributed by atoms with Gasteiger partial charge in [-0.15, -0.1) is 0 Å². The van der Waals surface area contributed by atoms with Gasteiger partial charge in [0.1, 0.15) is 11.3 Å². The van der Waals surface area contributed by atoms with Gasteiger partial charge < -0.3 is 9.73 Å². The van der Waals surface area contributed by atoms with Crippen LogP contribution in [0.1, 0.15) is 44.4 Å². The van der Waals surface area contributed by atoms with E-state index in [2.05, 4.69) is 50.4 Å². The van der Waals surface area contributed by atoms with Gasteiger partial charge in [0, 0.05) is 16.8 Å². The van der Waals surface area contributed by atoms with Crippen molar-refractivity contribution in [2.24, 2.45) is 0 Å². The smallest absolute Gasteiger partial charge is 0.137 e. The predicted octanol–water partition coefficient (Wildman–Crippen LogP) is 4.16. The molecule has 102 valence electrons. The van der Waals surface area contributed by atoms with Crippen molar-refractivity contribution in [2.45, 2.75) is 51.5 Å². The molecule has 1 aliphatic rings. The molecule has 0 spiro atoms. The molecule has 0 radical (unpaired) electrons. The number of hydrogen-bond donors (Lipinski definition) is 1. The Bertz CT molecular complexity index is 586. The molecular weight excluding hydrogens is 234 g/mol. The highest BCUT2D eigenvalue weighted by atomic mass is 16.3. The molecule has 0 bridgehead atoms. The fourth-order valence-electron chi connectivity index (χ4n) is 3.43. The summed E-state index contributed by atoms with van der Waals surface area (Å²) in [6, 6.07) is 9.26. The van der Waals surface area contributed by atoms with Crippen LogP contribution in [-0.2, 0) is 5.41 Å². The maximum Gasteiger partial charge on any atom is 0.137 e. The van der Waals surface area contributed by atoms with Crippen molar-refractivity contribution >= 4 is 11.0 Å². The van der Waals surface area contributed by atoms with Crippen LogP contribution in [0.5, 0.6) is 0 Å².